The standard InChI is InChI=1S/C11H16BrNO2/c1-7(2)11-9(12)4-8(6-15-13)5-10(11)14-3/h4-5,7H,6,13H2,1-3H3. The van der Waals surface area contributed by atoms with E-state index in [1.807, 2.05) is 12.1 Å². The number of hydrogen-bond donors (Lipinski definition) is 1. The highest BCUT2D eigenvalue weighted by atomic mass is 79.9. The molecule has 0 aromatic heterocycles. The normalized spacial score (nSPS) is 10.8. The van der Waals surface area contributed by atoms with Gasteiger partial charge in [-0.3, -0.25) is 4.84 Å². The maximum atomic E-state index is 5.35. The van der Waals surface area contributed by atoms with Crippen LogP contribution in [0.3, 0.4) is 0 Å². The maximum absolute atomic E-state index is 5.35. The molecule has 1 aromatic carbocycles. The molecular formula is C11H16BrNO2. The van der Waals surface area contributed by atoms with E-state index in [2.05, 4.69) is 34.6 Å². The third-order valence-corrected chi connectivity index (χ3v) is 2.85. The second-order valence-corrected chi connectivity index (χ2v) is 4.51. The number of benzene rings is 1. The van der Waals surface area contributed by atoms with Crippen LogP contribution < -0.4 is 10.6 Å². The fourth-order valence-corrected chi connectivity index (χ4v) is 2.50. The minimum Gasteiger partial charge on any atom is -0.496 e. The molecule has 4 heteroatoms. The molecule has 0 atom stereocenters. The first kappa shape index (κ1) is 12.5. The van der Waals surface area contributed by atoms with Gasteiger partial charge in [-0.05, 0) is 23.6 Å². The van der Waals surface area contributed by atoms with Crippen molar-refractivity contribution in [1.82, 2.24) is 0 Å². The summed E-state index contributed by atoms with van der Waals surface area (Å²) in [5.41, 5.74) is 2.16. The van der Waals surface area contributed by atoms with Crippen molar-refractivity contribution in [2.45, 2.75) is 26.4 Å². The Hall–Kier alpha value is -0.580. The van der Waals surface area contributed by atoms with Crippen LogP contribution in [-0.2, 0) is 11.4 Å². The van der Waals surface area contributed by atoms with Crippen molar-refractivity contribution < 1.29 is 9.57 Å². The van der Waals surface area contributed by atoms with Crippen LogP contribution in [-0.4, -0.2) is 7.11 Å². The van der Waals surface area contributed by atoms with E-state index in [9.17, 15) is 0 Å². The Morgan fingerprint density at radius 1 is 1.40 bits per heavy atom. The van der Waals surface area contributed by atoms with Gasteiger partial charge in [0.2, 0.25) is 0 Å². The molecule has 1 aromatic rings. The zero-order valence-electron chi connectivity index (χ0n) is 9.21. The molecule has 0 unspecified atom stereocenters. The van der Waals surface area contributed by atoms with Crippen molar-refractivity contribution in [1.29, 1.82) is 0 Å². The molecule has 0 radical (unpaired) electrons. The number of nitrogens with two attached hydrogens (primary N) is 1. The lowest BCUT2D eigenvalue weighted by Crippen LogP contribution is -2.02. The van der Waals surface area contributed by atoms with Crippen molar-refractivity contribution in [3.8, 4) is 5.75 Å². The molecule has 0 aliphatic rings. The summed E-state index contributed by atoms with van der Waals surface area (Å²) in [7, 11) is 1.67. The molecular weight excluding hydrogens is 258 g/mol. The summed E-state index contributed by atoms with van der Waals surface area (Å²) in [6, 6.07) is 3.96. The maximum Gasteiger partial charge on any atom is 0.123 e. The summed E-state index contributed by atoms with van der Waals surface area (Å²) in [5.74, 6) is 6.32. The lowest BCUT2D eigenvalue weighted by atomic mass is 10.0. The molecule has 1 rings (SSSR count). The predicted octanol–water partition coefficient (Wildman–Crippen LogP) is 2.97. The largest absolute Gasteiger partial charge is 0.496 e. The number of ether oxygens (including phenoxy) is 1. The van der Waals surface area contributed by atoms with Crippen LogP contribution in [0.4, 0.5) is 0 Å². The van der Waals surface area contributed by atoms with Crippen LogP contribution in [0.25, 0.3) is 0 Å². The predicted molar refractivity (Wildman–Crippen MR) is 63.8 cm³/mol. The minimum atomic E-state index is 0.382. The van der Waals surface area contributed by atoms with Crippen LogP contribution in [0.1, 0.15) is 30.9 Å². The minimum absolute atomic E-state index is 0.382. The fraction of sp³-hybridized carbons (Fsp3) is 0.455. The zero-order chi connectivity index (χ0) is 11.4. The first-order chi connectivity index (χ1) is 7.10. The van der Waals surface area contributed by atoms with E-state index in [4.69, 9.17) is 10.6 Å². The smallest absolute Gasteiger partial charge is 0.123 e. The Balaban J connectivity index is 3.18. The highest BCUT2D eigenvalue weighted by Crippen LogP contribution is 2.34. The van der Waals surface area contributed by atoms with Crippen LogP contribution in [0.15, 0.2) is 16.6 Å². The molecule has 0 aliphatic carbocycles. The van der Waals surface area contributed by atoms with E-state index < -0.39 is 0 Å². The molecule has 0 spiro atoms. The molecule has 0 aliphatic heterocycles. The van der Waals surface area contributed by atoms with Crippen molar-refractivity contribution in [3.05, 3.63) is 27.7 Å². The molecule has 0 fully saturated rings. The van der Waals surface area contributed by atoms with Crippen LogP contribution in [0, 0.1) is 0 Å². The molecule has 84 valence electrons. The summed E-state index contributed by atoms with van der Waals surface area (Å²) in [6.45, 7) is 4.64. The molecule has 15 heavy (non-hydrogen) atoms. The quantitative estimate of drug-likeness (QED) is 0.858. The number of hydrogen-bond acceptors (Lipinski definition) is 3. The average molecular weight is 274 g/mol. The lowest BCUT2D eigenvalue weighted by Gasteiger charge is -2.15. The number of rotatable bonds is 4. The molecule has 0 saturated heterocycles. The summed E-state index contributed by atoms with van der Waals surface area (Å²) in [4.78, 5) is 4.61. The summed E-state index contributed by atoms with van der Waals surface area (Å²) in [6.07, 6.45) is 0. The van der Waals surface area contributed by atoms with Gasteiger partial charge in [0.25, 0.3) is 0 Å². The molecule has 0 saturated carbocycles. The van der Waals surface area contributed by atoms with Crippen molar-refractivity contribution in [2.75, 3.05) is 7.11 Å². The Bertz CT molecular complexity index is 340. The van der Waals surface area contributed by atoms with Gasteiger partial charge in [-0.1, -0.05) is 29.8 Å². The van der Waals surface area contributed by atoms with E-state index in [0.717, 1.165) is 15.8 Å². The Morgan fingerprint density at radius 2 is 2.07 bits per heavy atom. The average Bonchev–Trinajstić information content (AvgIpc) is 2.16. The molecule has 0 amide bonds. The monoisotopic (exact) mass is 273 g/mol. The van der Waals surface area contributed by atoms with Gasteiger partial charge in [0.05, 0.1) is 13.7 Å². The van der Waals surface area contributed by atoms with Crippen LogP contribution in [0.5, 0.6) is 5.75 Å². The Kier molecular flexibility index (Phi) is 4.57. The number of methoxy groups -OCH3 is 1. The first-order valence-electron chi connectivity index (χ1n) is 4.78. The molecule has 2 N–H and O–H groups in total. The number of halogens is 1. The Labute approximate surface area is 98.6 Å². The Morgan fingerprint density at radius 3 is 2.53 bits per heavy atom. The lowest BCUT2D eigenvalue weighted by molar-refractivity contribution is 0.124. The third kappa shape index (κ3) is 2.93. The highest BCUT2D eigenvalue weighted by molar-refractivity contribution is 9.10. The second kappa shape index (κ2) is 5.49. The van der Waals surface area contributed by atoms with Crippen molar-refractivity contribution in [2.24, 2.45) is 5.90 Å². The first-order valence-corrected chi connectivity index (χ1v) is 5.57. The van der Waals surface area contributed by atoms with Gasteiger partial charge in [0.1, 0.15) is 5.75 Å². The molecule has 0 heterocycles. The summed E-state index contributed by atoms with van der Waals surface area (Å²) < 4.78 is 6.38. The third-order valence-electron chi connectivity index (χ3n) is 2.20. The second-order valence-electron chi connectivity index (χ2n) is 3.66. The van der Waals surface area contributed by atoms with Crippen LogP contribution in [0.2, 0.25) is 0 Å². The molecule has 3 nitrogen and oxygen atoms in total. The van der Waals surface area contributed by atoms with Gasteiger partial charge in [0, 0.05) is 10.0 Å². The summed E-state index contributed by atoms with van der Waals surface area (Å²) >= 11 is 3.53. The highest BCUT2D eigenvalue weighted by Gasteiger charge is 2.13. The zero-order valence-corrected chi connectivity index (χ0v) is 10.8. The van der Waals surface area contributed by atoms with Crippen LogP contribution >= 0.6 is 15.9 Å². The van der Waals surface area contributed by atoms with Gasteiger partial charge in [-0.2, -0.15) is 0 Å². The molecule has 0 bridgehead atoms. The fourth-order valence-electron chi connectivity index (χ4n) is 1.55. The van der Waals surface area contributed by atoms with Crippen molar-refractivity contribution in [3.63, 3.8) is 0 Å². The van der Waals surface area contributed by atoms with Gasteiger partial charge in [-0.15, -0.1) is 0 Å². The van der Waals surface area contributed by atoms with Gasteiger partial charge in [-0.25, -0.2) is 5.90 Å². The van der Waals surface area contributed by atoms with Gasteiger partial charge >= 0.3 is 0 Å². The van der Waals surface area contributed by atoms with E-state index >= 15 is 0 Å². The van der Waals surface area contributed by atoms with E-state index in [-0.39, 0.29) is 0 Å². The van der Waals surface area contributed by atoms with Gasteiger partial charge < -0.3 is 4.74 Å². The van der Waals surface area contributed by atoms with E-state index in [1.165, 1.54) is 5.56 Å². The van der Waals surface area contributed by atoms with E-state index in [1.54, 1.807) is 7.11 Å². The topological polar surface area (TPSA) is 44.5 Å². The summed E-state index contributed by atoms with van der Waals surface area (Å²) in [5, 5.41) is 0. The SMILES string of the molecule is COc1cc(CON)cc(Br)c1C(C)C. The van der Waals surface area contributed by atoms with Crippen molar-refractivity contribution >= 4 is 15.9 Å². The van der Waals surface area contributed by atoms with E-state index in [0.29, 0.717) is 12.5 Å². The van der Waals surface area contributed by atoms with Gasteiger partial charge in [0.15, 0.2) is 0 Å².